The number of aliphatic carboxylic acids is 1. The number of carbonyl (C=O) groups is 1. The highest BCUT2D eigenvalue weighted by molar-refractivity contribution is 7.22. The smallest absolute Gasteiger partial charge is 0.331 e. The predicted octanol–water partition coefficient (Wildman–Crippen LogP) is 4.03. The lowest BCUT2D eigenvalue weighted by Gasteiger charge is -2.22. The maximum Gasteiger partial charge on any atom is 0.331 e. The second-order valence-electron chi connectivity index (χ2n) is 7.94. The number of ether oxygens (including phenoxy) is 1. The van der Waals surface area contributed by atoms with Gasteiger partial charge in [0, 0.05) is 0 Å². The monoisotopic (exact) mass is 453 g/mol. The summed E-state index contributed by atoms with van der Waals surface area (Å²) in [7, 11) is 1.62. The third kappa shape index (κ3) is 3.58. The molecule has 0 unspecified atom stereocenters. The van der Waals surface area contributed by atoms with E-state index in [0.29, 0.717) is 40.1 Å². The van der Waals surface area contributed by atoms with Crippen LogP contribution in [-0.2, 0) is 23.2 Å². The van der Waals surface area contributed by atoms with Crippen LogP contribution in [0.3, 0.4) is 0 Å². The van der Waals surface area contributed by atoms with Gasteiger partial charge in [-0.2, -0.15) is 5.10 Å². The van der Waals surface area contributed by atoms with Crippen molar-refractivity contribution >= 4 is 27.4 Å². The number of methoxy groups -OCH3 is 1. The molecule has 4 aromatic rings. The van der Waals surface area contributed by atoms with E-state index >= 15 is 0 Å². The number of aryl methyl sites for hydroxylation is 3. The van der Waals surface area contributed by atoms with Gasteiger partial charge in [-0.05, 0) is 50.8 Å². The summed E-state index contributed by atoms with van der Waals surface area (Å²) in [5.74, 6) is 0.0523. The van der Waals surface area contributed by atoms with Gasteiger partial charge < -0.3 is 14.3 Å². The van der Waals surface area contributed by atoms with Crippen LogP contribution in [0, 0.1) is 6.92 Å². The summed E-state index contributed by atoms with van der Waals surface area (Å²) in [6, 6.07) is 7.71. The number of nitrogens with zero attached hydrogens (tertiary/aromatic N) is 3. The summed E-state index contributed by atoms with van der Waals surface area (Å²) in [5, 5.41) is 14.7. The van der Waals surface area contributed by atoms with Crippen molar-refractivity contribution in [2.24, 2.45) is 0 Å². The van der Waals surface area contributed by atoms with Crippen molar-refractivity contribution < 1.29 is 19.1 Å². The van der Waals surface area contributed by atoms with Crippen molar-refractivity contribution in [1.82, 2.24) is 14.8 Å². The van der Waals surface area contributed by atoms with Crippen LogP contribution in [0.4, 0.5) is 0 Å². The standard InChI is InChI=1S/C23H23N3O5S/c1-13-17-19(32-18(13)20-24-11-12-31-20)15(10-9-14-7-5-6-8-16(14)30-4)25-26(21(17)27)23(2,3)22(28)29/h5-8,11-12H,9-10H2,1-4H3,(H,28,29). The number of thiophene rings is 1. The Morgan fingerprint density at radius 2 is 2.03 bits per heavy atom. The van der Waals surface area contributed by atoms with Crippen LogP contribution >= 0.6 is 11.3 Å². The van der Waals surface area contributed by atoms with E-state index in [1.54, 1.807) is 13.3 Å². The molecule has 1 N–H and O–H groups in total. The molecule has 8 nitrogen and oxygen atoms in total. The summed E-state index contributed by atoms with van der Waals surface area (Å²) in [6.07, 6.45) is 4.14. The number of carboxylic acid groups (broad SMARTS) is 1. The number of aromatic nitrogens is 3. The Hall–Kier alpha value is -3.46. The minimum Gasteiger partial charge on any atom is -0.496 e. The predicted molar refractivity (Wildman–Crippen MR) is 121 cm³/mol. The van der Waals surface area contributed by atoms with Gasteiger partial charge in [-0.1, -0.05) is 18.2 Å². The number of rotatable bonds is 7. The lowest BCUT2D eigenvalue weighted by atomic mass is 10.0. The van der Waals surface area contributed by atoms with Gasteiger partial charge in [0.05, 0.1) is 34.0 Å². The van der Waals surface area contributed by atoms with Crippen LogP contribution in [0.1, 0.15) is 30.7 Å². The number of para-hydroxylation sites is 1. The van der Waals surface area contributed by atoms with E-state index in [2.05, 4.69) is 10.1 Å². The Balaban J connectivity index is 1.92. The summed E-state index contributed by atoms with van der Waals surface area (Å²) in [5.41, 5.74) is 0.391. The zero-order valence-electron chi connectivity index (χ0n) is 18.2. The van der Waals surface area contributed by atoms with E-state index in [1.165, 1.54) is 31.4 Å². The minimum absolute atomic E-state index is 0.419. The third-order valence-electron chi connectivity index (χ3n) is 5.54. The van der Waals surface area contributed by atoms with Crippen molar-refractivity contribution in [3.63, 3.8) is 0 Å². The molecule has 0 fully saturated rings. The summed E-state index contributed by atoms with van der Waals surface area (Å²) < 4.78 is 12.7. The van der Waals surface area contributed by atoms with E-state index in [1.807, 2.05) is 31.2 Å². The zero-order valence-corrected chi connectivity index (χ0v) is 19.0. The van der Waals surface area contributed by atoms with E-state index in [-0.39, 0.29) is 0 Å². The average molecular weight is 454 g/mol. The Kier molecular flexibility index (Phi) is 5.60. The molecule has 0 spiro atoms. The first-order chi connectivity index (χ1) is 15.3. The zero-order chi connectivity index (χ0) is 23.0. The van der Waals surface area contributed by atoms with Crippen molar-refractivity contribution in [1.29, 1.82) is 0 Å². The molecule has 166 valence electrons. The molecular weight excluding hydrogens is 430 g/mol. The van der Waals surface area contributed by atoms with Gasteiger partial charge in [0.1, 0.15) is 12.0 Å². The van der Waals surface area contributed by atoms with Crippen LogP contribution < -0.4 is 10.3 Å². The summed E-state index contributed by atoms with van der Waals surface area (Å²) >= 11 is 1.38. The molecule has 32 heavy (non-hydrogen) atoms. The number of hydrogen-bond donors (Lipinski definition) is 1. The molecule has 1 aromatic carbocycles. The van der Waals surface area contributed by atoms with E-state index < -0.39 is 17.1 Å². The molecule has 0 bridgehead atoms. The fraction of sp³-hybridized carbons (Fsp3) is 0.304. The lowest BCUT2D eigenvalue weighted by molar-refractivity contribution is -0.146. The molecule has 0 amide bonds. The van der Waals surface area contributed by atoms with Crippen LogP contribution in [0.5, 0.6) is 5.75 Å². The van der Waals surface area contributed by atoms with Crippen LogP contribution in [0.15, 0.2) is 45.9 Å². The van der Waals surface area contributed by atoms with E-state index in [0.717, 1.165) is 20.9 Å². The van der Waals surface area contributed by atoms with Crippen LogP contribution in [0.25, 0.3) is 20.9 Å². The largest absolute Gasteiger partial charge is 0.496 e. The summed E-state index contributed by atoms with van der Waals surface area (Å²) in [6.45, 7) is 4.76. The van der Waals surface area contributed by atoms with Crippen LogP contribution in [-0.4, -0.2) is 33.0 Å². The molecule has 0 saturated heterocycles. The third-order valence-corrected chi connectivity index (χ3v) is 6.87. The van der Waals surface area contributed by atoms with Gasteiger partial charge in [0.15, 0.2) is 5.54 Å². The normalized spacial score (nSPS) is 11.8. The van der Waals surface area contributed by atoms with Gasteiger partial charge in [-0.15, -0.1) is 11.3 Å². The first-order valence-electron chi connectivity index (χ1n) is 10.1. The van der Waals surface area contributed by atoms with Crippen molar-refractivity contribution in [2.75, 3.05) is 7.11 Å². The highest BCUT2D eigenvalue weighted by Crippen LogP contribution is 2.38. The Labute approximate surface area is 188 Å². The molecule has 0 aliphatic carbocycles. The molecular formula is C23H23N3O5S. The highest BCUT2D eigenvalue weighted by atomic mass is 32.1. The number of fused-ring (bicyclic) bond motifs is 1. The molecule has 0 aliphatic heterocycles. The number of oxazole rings is 1. The van der Waals surface area contributed by atoms with Gasteiger partial charge in [0.2, 0.25) is 5.89 Å². The minimum atomic E-state index is -1.51. The second kappa shape index (κ2) is 8.23. The fourth-order valence-electron chi connectivity index (χ4n) is 3.63. The quantitative estimate of drug-likeness (QED) is 0.450. The topological polar surface area (TPSA) is 107 Å². The Morgan fingerprint density at radius 3 is 2.69 bits per heavy atom. The van der Waals surface area contributed by atoms with E-state index in [4.69, 9.17) is 9.15 Å². The molecule has 0 aliphatic rings. The Bertz CT molecular complexity index is 1350. The summed E-state index contributed by atoms with van der Waals surface area (Å²) in [4.78, 5) is 30.3. The molecule has 4 rings (SSSR count). The fourth-order valence-corrected chi connectivity index (χ4v) is 4.88. The molecule has 0 radical (unpaired) electrons. The maximum atomic E-state index is 13.4. The molecule has 0 atom stereocenters. The van der Waals surface area contributed by atoms with E-state index in [9.17, 15) is 14.7 Å². The van der Waals surface area contributed by atoms with Crippen molar-refractivity contribution in [3.8, 4) is 16.5 Å². The van der Waals surface area contributed by atoms with Crippen molar-refractivity contribution in [3.05, 3.63) is 63.9 Å². The van der Waals surface area contributed by atoms with Gasteiger partial charge in [0.25, 0.3) is 5.56 Å². The maximum absolute atomic E-state index is 13.4. The highest BCUT2D eigenvalue weighted by Gasteiger charge is 2.34. The number of carboxylic acids is 1. The first-order valence-corrected chi connectivity index (χ1v) is 10.9. The lowest BCUT2D eigenvalue weighted by Crippen LogP contribution is -2.44. The Morgan fingerprint density at radius 1 is 1.28 bits per heavy atom. The number of benzene rings is 1. The van der Waals surface area contributed by atoms with Gasteiger partial charge >= 0.3 is 5.97 Å². The average Bonchev–Trinajstić information content (AvgIpc) is 3.41. The molecule has 3 aromatic heterocycles. The molecule has 3 heterocycles. The molecule has 9 heteroatoms. The number of hydrogen-bond acceptors (Lipinski definition) is 7. The van der Waals surface area contributed by atoms with Crippen LogP contribution in [0.2, 0.25) is 0 Å². The molecule has 0 saturated carbocycles. The first kappa shape index (κ1) is 21.8. The van der Waals surface area contributed by atoms with Crippen molar-refractivity contribution in [2.45, 2.75) is 39.2 Å². The van der Waals surface area contributed by atoms with Gasteiger partial charge in [-0.25, -0.2) is 14.5 Å². The van der Waals surface area contributed by atoms with Gasteiger partial charge in [-0.3, -0.25) is 4.79 Å². The SMILES string of the molecule is COc1ccccc1CCc1nn(C(C)(C)C(=O)O)c(=O)c2c(C)c(-c3ncco3)sc12. The second-order valence-corrected chi connectivity index (χ2v) is 8.96.